The zero-order valence-electron chi connectivity index (χ0n) is 16.6. The highest BCUT2D eigenvalue weighted by molar-refractivity contribution is 5.95. The molecule has 1 aromatic carbocycles. The maximum Gasteiger partial charge on any atom is 0.345 e. The second-order valence-corrected chi connectivity index (χ2v) is 6.31. The van der Waals surface area contributed by atoms with Gasteiger partial charge in [0, 0.05) is 18.3 Å². The lowest BCUT2D eigenvalue weighted by Crippen LogP contribution is -2.17. The molecule has 0 aliphatic heterocycles. The smallest absolute Gasteiger partial charge is 0.345 e. The maximum absolute atomic E-state index is 12.5. The van der Waals surface area contributed by atoms with Crippen molar-refractivity contribution in [1.82, 2.24) is 9.38 Å². The maximum atomic E-state index is 12.5. The van der Waals surface area contributed by atoms with Crippen LogP contribution in [0.3, 0.4) is 0 Å². The molecule has 0 amide bonds. The van der Waals surface area contributed by atoms with Crippen LogP contribution in [-0.4, -0.2) is 34.0 Å². The summed E-state index contributed by atoms with van der Waals surface area (Å²) in [4.78, 5) is 39.8. The van der Waals surface area contributed by atoms with Crippen molar-refractivity contribution >= 4 is 17.3 Å². The van der Waals surface area contributed by atoms with Gasteiger partial charge in [0.2, 0.25) is 0 Å². The van der Waals surface area contributed by atoms with E-state index in [1.54, 1.807) is 25.3 Å². The van der Waals surface area contributed by atoms with Crippen molar-refractivity contribution < 1.29 is 23.9 Å². The number of nitro groups is 1. The number of hydrogen-bond donors (Lipinski definition) is 0. The minimum Gasteiger partial charge on any atom is -0.493 e. The molecule has 0 fully saturated rings. The van der Waals surface area contributed by atoms with Crippen LogP contribution in [0.25, 0.3) is 5.65 Å². The van der Waals surface area contributed by atoms with Crippen molar-refractivity contribution in [2.75, 3.05) is 13.7 Å². The van der Waals surface area contributed by atoms with E-state index in [0.29, 0.717) is 5.65 Å². The molecule has 0 aliphatic carbocycles. The van der Waals surface area contributed by atoms with Crippen molar-refractivity contribution in [3.8, 4) is 11.5 Å². The molecule has 156 valence electrons. The monoisotopic (exact) mass is 413 g/mol. The van der Waals surface area contributed by atoms with Crippen LogP contribution < -0.4 is 15.0 Å². The number of hydrogen-bond acceptors (Lipinski definition) is 8. The largest absolute Gasteiger partial charge is 0.493 e. The number of benzene rings is 1. The summed E-state index contributed by atoms with van der Waals surface area (Å²) >= 11 is 0. The van der Waals surface area contributed by atoms with E-state index in [-0.39, 0.29) is 41.5 Å². The van der Waals surface area contributed by atoms with Crippen molar-refractivity contribution in [1.29, 1.82) is 0 Å². The average molecular weight is 413 g/mol. The fourth-order valence-electron chi connectivity index (χ4n) is 2.84. The van der Waals surface area contributed by atoms with Gasteiger partial charge in [-0.15, -0.1) is 0 Å². The number of nitro benzene ring substituents is 1. The number of aryl methyl sites for hydroxylation is 1. The molecule has 0 aliphatic rings. The SMILES string of the molecule is CCOc1cc([N+](=O)[O-])c(C(=O)OCc2cc(=O)n3cc(C)ccc3n2)cc1OC. The molecule has 0 unspecified atom stereocenters. The van der Waals surface area contributed by atoms with Crippen LogP contribution in [0.4, 0.5) is 5.69 Å². The van der Waals surface area contributed by atoms with E-state index in [4.69, 9.17) is 14.2 Å². The number of methoxy groups -OCH3 is 1. The van der Waals surface area contributed by atoms with Crippen molar-refractivity contribution in [3.05, 3.63) is 73.8 Å². The first-order chi connectivity index (χ1) is 14.3. The Morgan fingerprint density at radius 3 is 2.67 bits per heavy atom. The summed E-state index contributed by atoms with van der Waals surface area (Å²) in [6.07, 6.45) is 1.65. The number of carbonyl (C=O) groups is 1. The lowest BCUT2D eigenvalue weighted by atomic mass is 10.1. The van der Waals surface area contributed by atoms with Gasteiger partial charge in [-0.1, -0.05) is 6.07 Å². The van der Waals surface area contributed by atoms with Crippen LogP contribution in [0.15, 0.2) is 41.3 Å². The van der Waals surface area contributed by atoms with Crippen LogP contribution in [0.2, 0.25) is 0 Å². The van der Waals surface area contributed by atoms with Crippen molar-refractivity contribution in [2.45, 2.75) is 20.5 Å². The van der Waals surface area contributed by atoms with Gasteiger partial charge in [0.25, 0.3) is 11.2 Å². The standard InChI is InChI=1S/C20H19N3O7/c1-4-29-17-9-15(23(26)27)14(8-16(17)28-3)20(25)30-11-13-7-19(24)22-10-12(2)5-6-18(22)21-13/h5-10H,4,11H2,1-3H3. The second kappa shape index (κ2) is 8.60. The van der Waals surface area contributed by atoms with E-state index in [1.165, 1.54) is 23.6 Å². The average Bonchev–Trinajstić information content (AvgIpc) is 2.72. The van der Waals surface area contributed by atoms with E-state index in [1.807, 2.05) is 6.92 Å². The predicted molar refractivity (Wildman–Crippen MR) is 106 cm³/mol. The summed E-state index contributed by atoms with van der Waals surface area (Å²) in [5.74, 6) is -0.649. The van der Waals surface area contributed by atoms with Gasteiger partial charge in [-0.05, 0) is 25.5 Å². The molecule has 0 bridgehead atoms. The fourth-order valence-corrected chi connectivity index (χ4v) is 2.84. The Labute approximate surface area is 170 Å². The Balaban J connectivity index is 1.89. The highest BCUT2D eigenvalue weighted by Gasteiger charge is 2.26. The number of carbonyl (C=O) groups excluding carboxylic acids is 1. The molecule has 10 nitrogen and oxygen atoms in total. The molecular weight excluding hydrogens is 394 g/mol. The zero-order chi connectivity index (χ0) is 21.8. The normalized spacial score (nSPS) is 10.6. The van der Waals surface area contributed by atoms with Crippen LogP contribution in [0.5, 0.6) is 11.5 Å². The molecule has 10 heteroatoms. The van der Waals surface area contributed by atoms with Crippen LogP contribution in [0.1, 0.15) is 28.5 Å². The minimum atomic E-state index is -0.950. The highest BCUT2D eigenvalue weighted by Crippen LogP contribution is 2.35. The van der Waals surface area contributed by atoms with Gasteiger partial charge in [-0.2, -0.15) is 0 Å². The number of aromatic nitrogens is 2. The molecule has 0 N–H and O–H groups in total. The Morgan fingerprint density at radius 2 is 2.00 bits per heavy atom. The zero-order valence-corrected chi connectivity index (χ0v) is 16.6. The molecule has 0 saturated carbocycles. The first-order valence-electron chi connectivity index (χ1n) is 8.99. The number of esters is 1. The fraction of sp³-hybridized carbons (Fsp3) is 0.250. The molecule has 0 spiro atoms. The van der Waals surface area contributed by atoms with E-state index in [2.05, 4.69) is 4.98 Å². The molecule has 0 atom stereocenters. The first-order valence-corrected chi connectivity index (χ1v) is 8.99. The Bertz CT molecular complexity index is 1190. The van der Waals surface area contributed by atoms with Crippen LogP contribution in [0, 0.1) is 17.0 Å². The topological polar surface area (TPSA) is 122 Å². The van der Waals surface area contributed by atoms with Crippen molar-refractivity contribution in [3.63, 3.8) is 0 Å². The third-order valence-corrected chi connectivity index (χ3v) is 4.21. The Hall–Kier alpha value is -3.95. The van der Waals surface area contributed by atoms with Crippen molar-refractivity contribution in [2.24, 2.45) is 0 Å². The lowest BCUT2D eigenvalue weighted by molar-refractivity contribution is -0.385. The second-order valence-electron chi connectivity index (χ2n) is 6.31. The molecule has 30 heavy (non-hydrogen) atoms. The minimum absolute atomic E-state index is 0.141. The summed E-state index contributed by atoms with van der Waals surface area (Å²) in [6.45, 7) is 3.50. The van der Waals surface area contributed by atoms with Gasteiger partial charge >= 0.3 is 5.97 Å². The number of ether oxygens (including phenoxy) is 3. The van der Waals surface area contributed by atoms with Gasteiger partial charge in [0.1, 0.15) is 17.8 Å². The third-order valence-electron chi connectivity index (χ3n) is 4.21. The molecule has 2 aromatic heterocycles. The van der Waals surface area contributed by atoms with Gasteiger partial charge in [0.05, 0.1) is 30.4 Å². The number of rotatable bonds is 7. The first kappa shape index (κ1) is 20.8. The van der Waals surface area contributed by atoms with Gasteiger partial charge in [0.15, 0.2) is 11.5 Å². The lowest BCUT2D eigenvalue weighted by Gasteiger charge is -2.11. The van der Waals surface area contributed by atoms with E-state index < -0.39 is 16.6 Å². The van der Waals surface area contributed by atoms with Gasteiger partial charge < -0.3 is 14.2 Å². The third kappa shape index (κ3) is 4.22. The summed E-state index contributed by atoms with van der Waals surface area (Å²) in [5.41, 5.74) is 0.399. The van der Waals surface area contributed by atoms with E-state index in [0.717, 1.165) is 11.6 Å². The Kier molecular flexibility index (Phi) is 5.95. The quantitative estimate of drug-likeness (QED) is 0.329. The molecule has 0 radical (unpaired) electrons. The highest BCUT2D eigenvalue weighted by atomic mass is 16.6. The van der Waals surface area contributed by atoms with Gasteiger partial charge in [-0.3, -0.25) is 19.3 Å². The summed E-state index contributed by atoms with van der Waals surface area (Å²) in [6, 6.07) is 7.02. The number of fused-ring (bicyclic) bond motifs is 1. The number of pyridine rings is 1. The molecule has 3 rings (SSSR count). The van der Waals surface area contributed by atoms with Gasteiger partial charge in [-0.25, -0.2) is 9.78 Å². The predicted octanol–water partition coefficient (Wildman–Crippen LogP) is 2.68. The molecule has 0 saturated heterocycles. The number of nitrogens with zero attached hydrogens (tertiary/aromatic N) is 3. The Morgan fingerprint density at radius 1 is 1.23 bits per heavy atom. The van der Waals surface area contributed by atoms with E-state index >= 15 is 0 Å². The van der Waals surface area contributed by atoms with Crippen LogP contribution >= 0.6 is 0 Å². The summed E-state index contributed by atoms with van der Waals surface area (Å²) in [7, 11) is 1.35. The van der Waals surface area contributed by atoms with Crippen LogP contribution in [-0.2, 0) is 11.3 Å². The molecular formula is C20H19N3O7. The van der Waals surface area contributed by atoms with E-state index in [9.17, 15) is 19.7 Å². The summed E-state index contributed by atoms with van der Waals surface area (Å²) < 4.78 is 17.0. The summed E-state index contributed by atoms with van der Waals surface area (Å²) in [5, 5.41) is 11.4. The molecule has 2 heterocycles. The molecule has 3 aromatic rings.